The predicted molar refractivity (Wildman–Crippen MR) is 112 cm³/mol. The molecular weight excluding hydrogens is 461 g/mol. The number of aromatic nitrogens is 3. The summed E-state index contributed by atoms with van der Waals surface area (Å²) in [5.41, 5.74) is 2.67. The highest BCUT2D eigenvalue weighted by atomic mass is 79.9. The third kappa shape index (κ3) is 3.88. The van der Waals surface area contributed by atoms with Crippen molar-refractivity contribution in [3.63, 3.8) is 0 Å². The lowest BCUT2D eigenvalue weighted by Crippen LogP contribution is -2.09. The Morgan fingerprint density at radius 1 is 1.17 bits per heavy atom. The molecule has 146 valence electrons. The molecule has 0 unspecified atom stereocenters. The summed E-state index contributed by atoms with van der Waals surface area (Å²) in [6.07, 6.45) is 0. The van der Waals surface area contributed by atoms with E-state index in [9.17, 15) is 9.18 Å². The molecule has 0 fully saturated rings. The van der Waals surface area contributed by atoms with Crippen LogP contribution in [-0.2, 0) is 4.74 Å². The summed E-state index contributed by atoms with van der Waals surface area (Å²) < 4.78 is 21.7. The van der Waals surface area contributed by atoms with Gasteiger partial charge in [0.15, 0.2) is 11.3 Å². The highest BCUT2D eigenvalue weighted by molar-refractivity contribution is 9.10. The molecule has 0 aliphatic carbocycles. The molecular formula is C21H14BrClFN3O2. The van der Waals surface area contributed by atoms with Gasteiger partial charge in [0.05, 0.1) is 18.0 Å². The first-order valence-corrected chi connectivity index (χ1v) is 9.92. The minimum Gasteiger partial charge on any atom is -0.461 e. The van der Waals surface area contributed by atoms with Crippen LogP contribution in [0.4, 0.5) is 4.39 Å². The molecule has 8 heteroatoms. The summed E-state index contributed by atoms with van der Waals surface area (Å²) in [5.74, 6) is -0.954. The van der Waals surface area contributed by atoms with E-state index in [1.54, 1.807) is 47.8 Å². The van der Waals surface area contributed by atoms with Crippen LogP contribution in [0.25, 0.3) is 28.2 Å². The third-order valence-electron chi connectivity index (χ3n) is 4.26. The van der Waals surface area contributed by atoms with Gasteiger partial charge in [-0.1, -0.05) is 39.7 Å². The van der Waals surface area contributed by atoms with Gasteiger partial charge in [-0.05, 0) is 43.3 Å². The average molecular weight is 475 g/mol. The first kappa shape index (κ1) is 19.5. The second-order valence-corrected chi connectivity index (χ2v) is 7.53. The van der Waals surface area contributed by atoms with Gasteiger partial charge in [0.1, 0.15) is 5.82 Å². The Hall–Kier alpha value is -2.77. The summed E-state index contributed by atoms with van der Waals surface area (Å²) in [4.78, 5) is 16.7. The molecule has 0 N–H and O–H groups in total. The number of nitrogens with zero attached hydrogens (tertiary/aromatic N) is 3. The SMILES string of the molecule is CCOC(=O)c1cc(-c2ccc(Cl)cc2)n2nc(-c3ccc(Br)cc3F)cc2n1. The first-order valence-electron chi connectivity index (χ1n) is 8.75. The minimum atomic E-state index is -0.539. The van der Waals surface area contributed by atoms with Crippen LogP contribution in [0.5, 0.6) is 0 Å². The van der Waals surface area contributed by atoms with E-state index in [1.165, 1.54) is 6.07 Å². The molecule has 0 radical (unpaired) electrons. The highest BCUT2D eigenvalue weighted by Crippen LogP contribution is 2.28. The molecule has 0 aliphatic heterocycles. The van der Waals surface area contributed by atoms with E-state index >= 15 is 0 Å². The first-order chi connectivity index (χ1) is 14.0. The lowest BCUT2D eigenvalue weighted by molar-refractivity contribution is 0.0519. The summed E-state index contributed by atoms with van der Waals surface area (Å²) in [6.45, 7) is 1.96. The van der Waals surface area contributed by atoms with E-state index < -0.39 is 11.8 Å². The summed E-state index contributed by atoms with van der Waals surface area (Å²) in [5, 5.41) is 5.12. The van der Waals surface area contributed by atoms with Gasteiger partial charge in [0, 0.05) is 26.7 Å². The molecule has 5 nitrogen and oxygen atoms in total. The molecule has 0 saturated carbocycles. The predicted octanol–water partition coefficient (Wildman–Crippen LogP) is 5.80. The zero-order valence-corrected chi connectivity index (χ0v) is 17.5. The molecule has 2 aromatic carbocycles. The zero-order chi connectivity index (χ0) is 20.5. The number of fused-ring (bicyclic) bond motifs is 1. The van der Waals surface area contributed by atoms with Gasteiger partial charge in [0.25, 0.3) is 0 Å². The maximum atomic E-state index is 14.5. The highest BCUT2D eigenvalue weighted by Gasteiger charge is 2.18. The summed E-state index contributed by atoms with van der Waals surface area (Å²) in [6, 6.07) is 15.1. The van der Waals surface area contributed by atoms with Gasteiger partial charge >= 0.3 is 5.97 Å². The van der Waals surface area contributed by atoms with Crippen LogP contribution in [0.1, 0.15) is 17.4 Å². The van der Waals surface area contributed by atoms with Crippen LogP contribution in [0.2, 0.25) is 5.02 Å². The van der Waals surface area contributed by atoms with Gasteiger partial charge in [-0.25, -0.2) is 18.7 Å². The van der Waals surface area contributed by atoms with Crippen LogP contribution in [0, 0.1) is 5.82 Å². The Balaban J connectivity index is 1.94. The second kappa shape index (κ2) is 7.93. The van der Waals surface area contributed by atoms with Crippen molar-refractivity contribution in [2.45, 2.75) is 6.92 Å². The fraction of sp³-hybridized carbons (Fsp3) is 0.0952. The molecule has 0 atom stereocenters. The van der Waals surface area contributed by atoms with Crippen molar-refractivity contribution >= 4 is 39.1 Å². The van der Waals surface area contributed by atoms with Crippen LogP contribution < -0.4 is 0 Å². The Morgan fingerprint density at radius 2 is 1.93 bits per heavy atom. The second-order valence-electron chi connectivity index (χ2n) is 6.18. The zero-order valence-electron chi connectivity index (χ0n) is 15.2. The van der Waals surface area contributed by atoms with E-state index in [2.05, 4.69) is 26.0 Å². The topological polar surface area (TPSA) is 56.5 Å². The number of hydrogen-bond acceptors (Lipinski definition) is 4. The largest absolute Gasteiger partial charge is 0.461 e. The molecule has 2 heterocycles. The van der Waals surface area contributed by atoms with Crippen molar-refractivity contribution in [3.05, 3.63) is 75.6 Å². The average Bonchev–Trinajstić information content (AvgIpc) is 3.12. The van der Waals surface area contributed by atoms with Crippen molar-refractivity contribution in [1.82, 2.24) is 14.6 Å². The van der Waals surface area contributed by atoms with Crippen LogP contribution >= 0.6 is 27.5 Å². The van der Waals surface area contributed by atoms with Crippen LogP contribution in [0.15, 0.2) is 59.1 Å². The quantitative estimate of drug-likeness (QED) is 0.351. The molecule has 0 bridgehead atoms. The van der Waals surface area contributed by atoms with Gasteiger partial charge in [-0.3, -0.25) is 0 Å². The summed E-state index contributed by atoms with van der Waals surface area (Å²) >= 11 is 9.25. The fourth-order valence-electron chi connectivity index (χ4n) is 2.94. The maximum absolute atomic E-state index is 14.5. The third-order valence-corrected chi connectivity index (χ3v) is 5.00. The van der Waals surface area contributed by atoms with Crippen molar-refractivity contribution in [1.29, 1.82) is 0 Å². The standard InChI is InChI=1S/C21H14BrClFN3O2/c1-2-29-21(28)18-10-19(12-3-6-14(23)7-4-12)27-20(25-18)11-17(26-27)15-8-5-13(22)9-16(15)24/h3-11H,2H2,1H3. The van der Waals surface area contributed by atoms with E-state index in [0.29, 0.717) is 32.1 Å². The van der Waals surface area contributed by atoms with Crippen molar-refractivity contribution in [2.24, 2.45) is 0 Å². The number of hydrogen-bond donors (Lipinski definition) is 0. The minimum absolute atomic E-state index is 0.145. The Morgan fingerprint density at radius 3 is 2.62 bits per heavy atom. The number of rotatable bonds is 4. The molecule has 4 aromatic rings. The van der Waals surface area contributed by atoms with Crippen LogP contribution in [0.3, 0.4) is 0 Å². The smallest absolute Gasteiger partial charge is 0.357 e. The number of carbonyl (C=O) groups excluding carboxylic acids is 1. The summed E-state index contributed by atoms with van der Waals surface area (Å²) in [7, 11) is 0. The van der Waals surface area contributed by atoms with Gasteiger partial charge < -0.3 is 4.74 Å². The molecule has 29 heavy (non-hydrogen) atoms. The van der Waals surface area contributed by atoms with E-state index in [4.69, 9.17) is 16.3 Å². The van der Waals surface area contributed by atoms with Crippen LogP contribution in [-0.4, -0.2) is 27.2 Å². The van der Waals surface area contributed by atoms with E-state index in [-0.39, 0.29) is 12.3 Å². The molecule has 0 aliphatic rings. The van der Waals surface area contributed by atoms with E-state index in [1.807, 2.05) is 12.1 Å². The monoisotopic (exact) mass is 473 g/mol. The van der Waals surface area contributed by atoms with Crippen molar-refractivity contribution in [2.75, 3.05) is 6.61 Å². The lowest BCUT2D eigenvalue weighted by atomic mass is 10.1. The molecule has 4 rings (SSSR count). The number of esters is 1. The van der Waals surface area contributed by atoms with Crippen molar-refractivity contribution in [3.8, 4) is 22.5 Å². The lowest BCUT2D eigenvalue weighted by Gasteiger charge is -2.08. The van der Waals surface area contributed by atoms with E-state index in [0.717, 1.165) is 5.56 Å². The van der Waals surface area contributed by atoms with Crippen molar-refractivity contribution < 1.29 is 13.9 Å². The molecule has 0 amide bonds. The fourth-order valence-corrected chi connectivity index (χ4v) is 3.40. The van der Waals surface area contributed by atoms with Gasteiger partial charge in [-0.15, -0.1) is 0 Å². The van der Waals surface area contributed by atoms with Gasteiger partial charge in [0.2, 0.25) is 0 Å². The number of carbonyl (C=O) groups is 1. The normalized spacial score (nSPS) is 11.0. The number of ether oxygens (including phenoxy) is 1. The molecule has 0 saturated heterocycles. The molecule has 2 aromatic heterocycles. The molecule has 0 spiro atoms. The maximum Gasteiger partial charge on any atom is 0.357 e. The van der Waals surface area contributed by atoms with Gasteiger partial charge in [-0.2, -0.15) is 5.10 Å². The number of benzene rings is 2. The number of halogens is 3. The Labute approximate surface area is 179 Å². The Bertz CT molecular complexity index is 1220. The Kier molecular flexibility index (Phi) is 5.34.